The lowest BCUT2D eigenvalue weighted by Gasteiger charge is -2.05. The standard InChI is InChI=1S/C9H13N3O2S3/c1-15-9(6-12(13)14)10-3-5-16-7-8-2-4-17-11-8/h2,4,6,10H,3,5,7H2,1H3/b9-6+. The molecule has 1 aromatic heterocycles. The highest BCUT2D eigenvalue weighted by Gasteiger charge is 2.00. The molecule has 8 heteroatoms. The van der Waals surface area contributed by atoms with E-state index < -0.39 is 4.92 Å². The Bertz CT molecular complexity index is 368. The van der Waals surface area contributed by atoms with E-state index in [2.05, 4.69) is 9.69 Å². The van der Waals surface area contributed by atoms with Crippen molar-refractivity contribution in [1.29, 1.82) is 0 Å². The summed E-state index contributed by atoms with van der Waals surface area (Å²) < 4.78 is 4.20. The largest absolute Gasteiger partial charge is 0.374 e. The molecule has 0 atom stereocenters. The third-order valence-electron chi connectivity index (χ3n) is 1.73. The van der Waals surface area contributed by atoms with Crippen molar-refractivity contribution >= 4 is 35.1 Å². The van der Waals surface area contributed by atoms with Gasteiger partial charge in [0.25, 0.3) is 6.20 Å². The van der Waals surface area contributed by atoms with Gasteiger partial charge in [-0.2, -0.15) is 16.1 Å². The molecule has 0 bridgehead atoms. The van der Waals surface area contributed by atoms with Crippen LogP contribution in [0.3, 0.4) is 0 Å². The lowest BCUT2D eigenvalue weighted by Crippen LogP contribution is -2.15. The minimum atomic E-state index is -0.443. The van der Waals surface area contributed by atoms with E-state index in [1.54, 1.807) is 11.8 Å². The van der Waals surface area contributed by atoms with Gasteiger partial charge in [-0.1, -0.05) is 0 Å². The fourth-order valence-electron chi connectivity index (χ4n) is 1.00. The number of thioether (sulfide) groups is 2. The number of aromatic nitrogens is 1. The van der Waals surface area contributed by atoms with Crippen molar-refractivity contribution in [1.82, 2.24) is 9.69 Å². The number of nitrogens with zero attached hydrogens (tertiary/aromatic N) is 2. The molecule has 1 N–H and O–H groups in total. The summed E-state index contributed by atoms with van der Waals surface area (Å²) in [6.07, 6.45) is 2.81. The van der Waals surface area contributed by atoms with Crippen LogP contribution in [0.5, 0.6) is 0 Å². The molecule has 0 aliphatic carbocycles. The number of rotatable bonds is 8. The second-order valence-electron chi connectivity index (χ2n) is 2.95. The first-order valence-corrected chi connectivity index (χ1v) is 8.04. The van der Waals surface area contributed by atoms with Crippen LogP contribution < -0.4 is 5.32 Å². The lowest BCUT2D eigenvalue weighted by molar-refractivity contribution is -0.403. The van der Waals surface area contributed by atoms with E-state index in [0.717, 1.165) is 29.9 Å². The average molecular weight is 291 g/mol. The monoisotopic (exact) mass is 291 g/mol. The third kappa shape index (κ3) is 6.54. The molecule has 1 aromatic rings. The van der Waals surface area contributed by atoms with Crippen molar-refractivity contribution in [3.05, 3.63) is 38.5 Å². The molecular weight excluding hydrogens is 278 g/mol. The molecule has 0 saturated carbocycles. The molecule has 0 saturated heterocycles. The van der Waals surface area contributed by atoms with Crippen molar-refractivity contribution in [2.75, 3.05) is 18.6 Å². The smallest absolute Gasteiger partial charge is 0.263 e. The van der Waals surface area contributed by atoms with Crippen LogP contribution in [-0.4, -0.2) is 27.9 Å². The molecule has 94 valence electrons. The molecule has 5 nitrogen and oxygen atoms in total. The quantitative estimate of drug-likeness (QED) is 0.450. The fraction of sp³-hybridized carbons (Fsp3) is 0.444. The Hall–Kier alpha value is -0.730. The van der Waals surface area contributed by atoms with Gasteiger partial charge in [0, 0.05) is 23.4 Å². The first kappa shape index (κ1) is 14.3. The van der Waals surface area contributed by atoms with Crippen molar-refractivity contribution < 1.29 is 4.92 Å². The van der Waals surface area contributed by atoms with Gasteiger partial charge in [0.1, 0.15) is 5.03 Å². The highest BCUT2D eigenvalue weighted by atomic mass is 32.2. The summed E-state index contributed by atoms with van der Waals surface area (Å²) in [7, 11) is 0. The van der Waals surface area contributed by atoms with E-state index in [1.165, 1.54) is 23.3 Å². The molecule has 0 aliphatic rings. The van der Waals surface area contributed by atoms with Gasteiger partial charge >= 0.3 is 0 Å². The molecular formula is C9H13N3O2S3. The summed E-state index contributed by atoms with van der Waals surface area (Å²) >= 11 is 4.55. The predicted octanol–water partition coefficient (Wildman–Crippen LogP) is 2.40. The Kier molecular flexibility index (Phi) is 7.06. The van der Waals surface area contributed by atoms with E-state index in [4.69, 9.17) is 0 Å². The molecule has 1 heterocycles. The van der Waals surface area contributed by atoms with Gasteiger partial charge in [-0.3, -0.25) is 10.1 Å². The van der Waals surface area contributed by atoms with Crippen LogP contribution in [0.1, 0.15) is 5.69 Å². The van der Waals surface area contributed by atoms with E-state index >= 15 is 0 Å². The molecule has 0 unspecified atom stereocenters. The normalized spacial score (nSPS) is 11.5. The van der Waals surface area contributed by atoms with Gasteiger partial charge in [-0.25, -0.2) is 0 Å². The van der Waals surface area contributed by atoms with Gasteiger partial charge in [0.15, 0.2) is 0 Å². The molecule has 0 amide bonds. The number of hydrogen-bond donors (Lipinski definition) is 1. The lowest BCUT2D eigenvalue weighted by atomic mass is 10.5. The summed E-state index contributed by atoms with van der Waals surface area (Å²) in [4.78, 5) is 9.83. The molecule has 1 rings (SSSR count). The van der Waals surface area contributed by atoms with E-state index in [1.807, 2.05) is 17.7 Å². The Morgan fingerprint density at radius 2 is 2.59 bits per heavy atom. The van der Waals surface area contributed by atoms with E-state index in [-0.39, 0.29) is 0 Å². The van der Waals surface area contributed by atoms with Crippen molar-refractivity contribution in [3.8, 4) is 0 Å². The second-order valence-corrected chi connectivity index (χ2v) is 5.57. The van der Waals surface area contributed by atoms with Crippen molar-refractivity contribution in [2.45, 2.75) is 5.75 Å². The SMILES string of the molecule is CS/C(=C/[N+](=O)[O-])NCCSCc1ccsn1. The first-order valence-electron chi connectivity index (χ1n) is 4.82. The highest BCUT2D eigenvalue weighted by molar-refractivity contribution is 8.02. The minimum Gasteiger partial charge on any atom is -0.374 e. The second kappa shape index (κ2) is 8.37. The summed E-state index contributed by atoms with van der Waals surface area (Å²) in [5, 5.41) is 15.8. The highest BCUT2D eigenvalue weighted by Crippen LogP contribution is 2.12. The first-order chi connectivity index (χ1) is 8.22. The van der Waals surface area contributed by atoms with Crippen molar-refractivity contribution in [3.63, 3.8) is 0 Å². The maximum absolute atomic E-state index is 10.3. The molecule has 0 fully saturated rings. The molecule has 17 heavy (non-hydrogen) atoms. The molecule has 0 radical (unpaired) electrons. The zero-order valence-corrected chi connectivity index (χ0v) is 11.7. The number of nitrogens with one attached hydrogen (secondary N) is 1. The Labute approximate surface area is 112 Å². The van der Waals surface area contributed by atoms with Gasteiger partial charge in [0.2, 0.25) is 0 Å². The summed E-state index contributed by atoms with van der Waals surface area (Å²) in [5.74, 6) is 1.78. The summed E-state index contributed by atoms with van der Waals surface area (Å²) in [6.45, 7) is 0.718. The van der Waals surface area contributed by atoms with Crippen LogP contribution in [0.25, 0.3) is 0 Å². The van der Waals surface area contributed by atoms with Crippen LogP contribution >= 0.6 is 35.1 Å². The fourth-order valence-corrected chi connectivity index (χ4v) is 2.82. The van der Waals surface area contributed by atoms with Gasteiger partial charge in [0.05, 0.1) is 10.6 Å². The predicted molar refractivity (Wildman–Crippen MR) is 74.9 cm³/mol. The van der Waals surface area contributed by atoms with Gasteiger partial charge < -0.3 is 5.32 Å². The number of hydrogen-bond acceptors (Lipinski definition) is 7. The minimum absolute atomic E-state index is 0.443. The van der Waals surface area contributed by atoms with Crippen LogP contribution in [0.2, 0.25) is 0 Å². The third-order valence-corrected chi connectivity index (χ3v) is 4.01. The van der Waals surface area contributed by atoms with Gasteiger partial charge in [-0.05, 0) is 23.9 Å². The van der Waals surface area contributed by atoms with E-state index in [9.17, 15) is 10.1 Å². The summed E-state index contributed by atoms with van der Waals surface area (Å²) in [5.41, 5.74) is 1.09. The Morgan fingerprint density at radius 1 is 1.76 bits per heavy atom. The van der Waals surface area contributed by atoms with Gasteiger partial charge in [-0.15, -0.1) is 11.8 Å². The maximum atomic E-state index is 10.3. The molecule has 0 aliphatic heterocycles. The maximum Gasteiger partial charge on any atom is 0.263 e. The summed E-state index contributed by atoms with van der Waals surface area (Å²) in [6, 6.07) is 2.01. The Morgan fingerprint density at radius 3 is 3.18 bits per heavy atom. The Balaban J connectivity index is 2.13. The number of nitro groups is 1. The molecule has 0 spiro atoms. The van der Waals surface area contributed by atoms with Crippen LogP contribution in [0.4, 0.5) is 0 Å². The zero-order valence-electron chi connectivity index (χ0n) is 9.29. The molecule has 0 aromatic carbocycles. The van der Waals surface area contributed by atoms with Crippen LogP contribution in [0, 0.1) is 10.1 Å². The average Bonchev–Trinajstić information content (AvgIpc) is 2.79. The van der Waals surface area contributed by atoms with Crippen LogP contribution in [-0.2, 0) is 5.75 Å². The zero-order chi connectivity index (χ0) is 12.5. The van der Waals surface area contributed by atoms with Crippen LogP contribution in [0.15, 0.2) is 22.7 Å². The van der Waals surface area contributed by atoms with E-state index in [0.29, 0.717) is 5.03 Å². The van der Waals surface area contributed by atoms with Crippen molar-refractivity contribution in [2.24, 2.45) is 0 Å². The topological polar surface area (TPSA) is 68.1 Å².